The molecular weight excluding hydrogens is 256 g/mol. The molecular formula is C14H20N4O2. The lowest BCUT2D eigenvalue weighted by atomic mass is 10.1. The Balaban J connectivity index is 2.01. The van der Waals surface area contributed by atoms with Gasteiger partial charge in [-0.3, -0.25) is 4.68 Å². The monoisotopic (exact) mass is 276 g/mol. The number of aromatic nitrogens is 2. The van der Waals surface area contributed by atoms with E-state index in [1.807, 2.05) is 20.8 Å². The fourth-order valence-electron chi connectivity index (χ4n) is 2.26. The van der Waals surface area contributed by atoms with Crippen LogP contribution < -0.4 is 0 Å². The lowest BCUT2D eigenvalue weighted by Crippen LogP contribution is -2.43. The van der Waals surface area contributed by atoms with Gasteiger partial charge in [0.15, 0.2) is 0 Å². The van der Waals surface area contributed by atoms with Gasteiger partial charge in [-0.25, -0.2) is 4.79 Å². The molecule has 1 aromatic heterocycles. The molecule has 6 heteroatoms. The van der Waals surface area contributed by atoms with Gasteiger partial charge in [-0.05, 0) is 33.6 Å². The van der Waals surface area contributed by atoms with E-state index in [9.17, 15) is 4.79 Å². The number of nitrogens with zero attached hydrogens (tertiary/aromatic N) is 4. The molecule has 1 amide bonds. The van der Waals surface area contributed by atoms with Gasteiger partial charge in [-0.2, -0.15) is 10.4 Å². The van der Waals surface area contributed by atoms with E-state index < -0.39 is 5.60 Å². The quantitative estimate of drug-likeness (QED) is 0.789. The average Bonchev–Trinajstić information content (AvgIpc) is 2.85. The summed E-state index contributed by atoms with van der Waals surface area (Å²) in [4.78, 5) is 13.8. The van der Waals surface area contributed by atoms with Crippen molar-refractivity contribution in [2.75, 3.05) is 13.1 Å². The van der Waals surface area contributed by atoms with E-state index in [0.717, 1.165) is 12.8 Å². The largest absolute Gasteiger partial charge is 0.444 e. The summed E-state index contributed by atoms with van der Waals surface area (Å²) in [6.07, 6.45) is 4.85. The number of carbonyl (C=O) groups is 1. The Morgan fingerprint density at radius 2 is 2.30 bits per heavy atom. The predicted molar refractivity (Wildman–Crippen MR) is 73.0 cm³/mol. The molecule has 6 nitrogen and oxygen atoms in total. The molecule has 0 aromatic carbocycles. The Labute approximate surface area is 118 Å². The van der Waals surface area contributed by atoms with E-state index in [-0.39, 0.29) is 12.1 Å². The molecule has 0 spiro atoms. The van der Waals surface area contributed by atoms with Crippen molar-refractivity contribution < 1.29 is 9.53 Å². The Morgan fingerprint density at radius 1 is 1.55 bits per heavy atom. The number of carbonyl (C=O) groups excluding carboxylic acids is 1. The zero-order chi connectivity index (χ0) is 14.8. The summed E-state index contributed by atoms with van der Waals surface area (Å²) in [5, 5.41) is 13.0. The van der Waals surface area contributed by atoms with Crippen LogP contribution in [0.5, 0.6) is 0 Å². The number of hydrogen-bond donors (Lipinski definition) is 0. The highest BCUT2D eigenvalue weighted by Crippen LogP contribution is 2.22. The first kappa shape index (κ1) is 14.4. The van der Waals surface area contributed by atoms with Gasteiger partial charge in [0.05, 0.1) is 17.8 Å². The van der Waals surface area contributed by atoms with Crippen molar-refractivity contribution in [2.24, 2.45) is 0 Å². The standard InChI is InChI=1S/C14H20N4O2/c1-14(2,3)20-13(19)17-6-4-5-12(10-17)18-9-11(7-15)8-16-18/h8-9,12H,4-6,10H2,1-3H3. The lowest BCUT2D eigenvalue weighted by Gasteiger charge is -2.34. The molecule has 0 aliphatic carbocycles. The number of rotatable bonds is 1. The average molecular weight is 276 g/mol. The van der Waals surface area contributed by atoms with Crippen molar-refractivity contribution >= 4 is 6.09 Å². The molecule has 1 saturated heterocycles. The van der Waals surface area contributed by atoms with E-state index in [1.54, 1.807) is 22.0 Å². The molecule has 1 unspecified atom stereocenters. The molecule has 20 heavy (non-hydrogen) atoms. The van der Waals surface area contributed by atoms with Gasteiger partial charge >= 0.3 is 6.09 Å². The van der Waals surface area contributed by atoms with Gasteiger partial charge in [-0.15, -0.1) is 0 Å². The van der Waals surface area contributed by atoms with Crippen LogP contribution in [0.15, 0.2) is 12.4 Å². The Kier molecular flexibility index (Phi) is 3.98. The SMILES string of the molecule is CC(C)(C)OC(=O)N1CCCC(n2cc(C#N)cn2)C1. The van der Waals surface area contributed by atoms with Crippen molar-refractivity contribution in [3.8, 4) is 6.07 Å². The fraction of sp³-hybridized carbons (Fsp3) is 0.643. The van der Waals surface area contributed by atoms with Crippen LogP contribution in [-0.4, -0.2) is 39.5 Å². The highest BCUT2D eigenvalue weighted by atomic mass is 16.6. The maximum Gasteiger partial charge on any atom is 0.410 e. The maximum absolute atomic E-state index is 12.1. The summed E-state index contributed by atoms with van der Waals surface area (Å²) in [7, 11) is 0. The van der Waals surface area contributed by atoms with E-state index in [2.05, 4.69) is 11.2 Å². The second kappa shape index (κ2) is 5.53. The van der Waals surface area contributed by atoms with Crippen molar-refractivity contribution in [1.82, 2.24) is 14.7 Å². The number of ether oxygens (including phenoxy) is 1. The minimum absolute atomic E-state index is 0.110. The zero-order valence-electron chi connectivity index (χ0n) is 12.2. The summed E-state index contributed by atoms with van der Waals surface area (Å²) in [5.41, 5.74) is 0.0587. The van der Waals surface area contributed by atoms with Crippen LogP contribution in [-0.2, 0) is 4.74 Å². The summed E-state index contributed by atoms with van der Waals surface area (Å²) in [5.74, 6) is 0. The van der Waals surface area contributed by atoms with Crippen LogP contribution in [0.2, 0.25) is 0 Å². The summed E-state index contributed by atoms with van der Waals surface area (Å²) >= 11 is 0. The summed E-state index contributed by atoms with van der Waals surface area (Å²) in [6.45, 7) is 6.86. The van der Waals surface area contributed by atoms with Crippen LogP contribution in [0.25, 0.3) is 0 Å². The molecule has 2 rings (SSSR count). The van der Waals surface area contributed by atoms with Crippen molar-refractivity contribution in [3.63, 3.8) is 0 Å². The van der Waals surface area contributed by atoms with Gasteiger partial charge in [0.2, 0.25) is 0 Å². The second-order valence-electron chi connectivity index (χ2n) is 6.04. The van der Waals surface area contributed by atoms with Crippen LogP contribution in [0.3, 0.4) is 0 Å². The normalized spacial score (nSPS) is 19.5. The van der Waals surface area contributed by atoms with E-state index in [1.165, 1.54) is 0 Å². The molecule has 2 heterocycles. The zero-order valence-corrected chi connectivity index (χ0v) is 12.2. The lowest BCUT2D eigenvalue weighted by molar-refractivity contribution is 0.0167. The molecule has 1 aliphatic rings. The molecule has 0 N–H and O–H groups in total. The molecule has 1 fully saturated rings. The van der Waals surface area contributed by atoms with Gasteiger partial charge in [0.25, 0.3) is 0 Å². The highest BCUT2D eigenvalue weighted by molar-refractivity contribution is 5.68. The molecule has 108 valence electrons. The van der Waals surface area contributed by atoms with Crippen LogP contribution in [0, 0.1) is 11.3 Å². The van der Waals surface area contributed by atoms with Crippen LogP contribution in [0.4, 0.5) is 4.79 Å². The van der Waals surface area contributed by atoms with Gasteiger partial charge in [0.1, 0.15) is 11.7 Å². The van der Waals surface area contributed by atoms with E-state index in [0.29, 0.717) is 18.7 Å². The molecule has 1 aliphatic heterocycles. The third-order valence-electron chi connectivity index (χ3n) is 3.15. The van der Waals surface area contributed by atoms with Gasteiger partial charge < -0.3 is 9.64 Å². The Hall–Kier alpha value is -2.03. The number of nitriles is 1. The predicted octanol–water partition coefficient (Wildman–Crippen LogP) is 2.33. The molecule has 0 radical (unpaired) electrons. The van der Waals surface area contributed by atoms with Gasteiger partial charge in [-0.1, -0.05) is 0 Å². The highest BCUT2D eigenvalue weighted by Gasteiger charge is 2.28. The van der Waals surface area contributed by atoms with Crippen molar-refractivity contribution in [1.29, 1.82) is 5.26 Å². The Morgan fingerprint density at radius 3 is 2.90 bits per heavy atom. The minimum Gasteiger partial charge on any atom is -0.444 e. The molecule has 0 bridgehead atoms. The fourth-order valence-corrected chi connectivity index (χ4v) is 2.26. The molecule has 1 atom stereocenters. The first-order chi connectivity index (χ1) is 9.39. The third kappa shape index (κ3) is 3.50. The first-order valence-corrected chi connectivity index (χ1v) is 6.81. The van der Waals surface area contributed by atoms with Gasteiger partial charge in [0, 0.05) is 19.3 Å². The molecule has 0 saturated carbocycles. The number of amides is 1. The van der Waals surface area contributed by atoms with Crippen LogP contribution in [0.1, 0.15) is 45.2 Å². The summed E-state index contributed by atoms with van der Waals surface area (Å²) < 4.78 is 7.17. The van der Waals surface area contributed by atoms with Crippen molar-refractivity contribution in [3.05, 3.63) is 18.0 Å². The third-order valence-corrected chi connectivity index (χ3v) is 3.15. The smallest absolute Gasteiger partial charge is 0.410 e. The first-order valence-electron chi connectivity index (χ1n) is 6.81. The van der Waals surface area contributed by atoms with Crippen LogP contribution >= 0.6 is 0 Å². The van der Waals surface area contributed by atoms with E-state index >= 15 is 0 Å². The Bertz CT molecular complexity index is 524. The number of likely N-dealkylation sites (tertiary alicyclic amines) is 1. The molecule has 1 aromatic rings. The number of hydrogen-bond acceptors (Lipinski definition) is 4. The topological polar surface area (TPSA) is 71.2 Å². The second-order valence-corrected chi connectivity index (χ2v) is 6.04. The number of piperidine rings is 1. The van der Waals surface area contributed by atoms with Crippen molar-refractivity contribution in [2.45, 2.75) is 45.3 Å². The minimum atomic E-state index is -0.482. The summed E-state index contributed by atoms with van der Waals surface area (Å²) in [6, 6.07) is 2.17. The maximum atomic E-state index is 12.1. The van der Waals surface area contributed by atoms with E-state index in [4.69, 9.17) is 10.00 Å².